The van der Waals surface area contributed by atoms with Crippen molar-refractivity contribution < 1.29 is 73.8 Å². The van der Waals surface area contributed by atoms with Gasteiger partial charge in [0.05, 0.1) is 19.8 Å². The standard InChI is InChI=1S/C47H80O15/c1-3-5-7-9-11-13-14-15-16-17-18-19-20-22-24-26-28-30-39(50)60-35(32-57-38(49)29-27-25-23-21-12-10-8-6-4-2)33-58-46-45(56)43(54)41(52)37(62-46)34-59-47-44(55)42(53)40(51)36(31-48)61-47/h7,9,13-14,16-17,19-20,35-37,40-48,51-56H,3-6,8,10-12,15,18,21-34H2,1-2H3/b9-7+,14-13+,17-16+,20-19+/t35-,36+,37+,40-,41-,42?,43?,44?,45?,46+,47+/m1/s1. The molecule has 0 aliphatic carbocycles. The van der Waals surface area contributed by atoms with Crippen LogP contribution in [0.25, 0.3) is 0 Å². The van der Waals surface area contributed by atoms with Crippen LogP contribution in [0.1, 0.15) is 142 Å². The van der Waals surface area contributed by atoms with Gasteiger partial charge >= 0.3 is 11.9 Å². The molecule has 0 radical (unpaired) electrons. The molecule has 11 atom stereocenters. The number of hydrogen-bond donors (Lipinski definition) is 7. The van der Waals surface area contributed by atoms with Crippen molar-refractivity contribution >= 4 is 11.9 Å². The molecular formula is C47H80O15. The normalized spacial score (nSPS) is 27.5. The monoisotopic (exact) mass is 885 g/mol. The molecule has 15 nitrogen and oxygen atoms in total. The lowest BCUT2D eigenvalue weighted by Gasteiger charge is -2.42. The van der Waals surface area contributed by atoms with Crippen molar-refractivity contribution in [3.63, 3.8) is 0 Å². The number of rotatable bonds is 34. The van der Waals surface area contributed by atoms with Gasteiger partial charge in [0.15, 0.2) is 18.7 Å². The van der Waals surface area contributed by atoms with Gasteiger partial charge in [0, 0.05) is 12.8 Å². The Kier molecular flexibility index (Phi) is 31.2. The first kappa shape index (κ1) is 55.6. The largest absolute Gasteiger partial charge is 0.462 e. The predicted octanol–water partition coefficient (Wildman–Crippen LogP) is 5.15. The van der Waals surface area contributed by atoms with Crippen LogP contribution in [0, 0.1) is 0 Å². The topological polar surface area (TPSA) is 231 Å². The SMILES string of the molecule is CCC/C=C/C/C=C/C/C=C/C/C=C/CCCCCC(=O)O[C@H](COC(=O)CCCCCCCCCCC)CO[C@H]1O[C@@H](CO[C@H]2O[C@@H](CO)[C@@H](O)C(O)C2O)[C@@H](O)C(O)C1O. The quantitative estimate of drug-likeness (QED) is 0.0252. The van der Waals surface area contributed by atoms with Crippen LogP contribution in [0.2, 0.25) is 0 Å². The average Bonchev–Trinajstić information content (AvgIpc) is 3.26. The molecule has 15 heteroatoms. The van der Waals surface area contributed by atoms with E-state index in [-0.39, 0.29) is 19.4 Å². The number of unbranched alkanes of at least 4 members (excludes halogenated alkanes) is 12. The van der Waals surface area contributed by atoms with Gasteiger partial charge in [0.25, 0.3) is 0 Å². The highest BCUT2D eigenvalue weighted by Gasteiger charge is 2.47. The summed E-state index contributed by atoms with van der Waals surface area (Å²) in [6, 6.07) is 0. The number of ether oxygens (including phenoxy) is 6. The number of carbonyl (C=O) groups is 2. The van der Waals surface area contributed by atoms with E-state index in [1.807, 2.05) is 0 Å². The van der Waals surface area contributed by atoms with Crippen molar-refractivity contribution in [2.24, 2.45) is 0 Å². The van der Waals surface area contributed by atoms with Gasteiger partial charge in [-0.25, -0.2) is 0 Å². The Bertz CT molecular complexity index is 1270. The molecule has 2 heterocycles. The number of aliphatic hydroxyl groups excluding tert-OH is 7. The van der Waals surface area contributed by atoms with E-state index in [1.54, 1.807) is 0 Å². The molecule has 0 saturated carbocycles. The van der Waals surface area contributed by atoms with Gasteiger partial charge in [0.2, 0.25) is 0 Å². The van der Waals surface area contributed by atoms with Crippen LogP contribution in [0.5, 0.6) is 0 Å². The summed E-state index contributed by atoms with van der Waals surface area (Å²) in [4.78, 5) is 25.6. The molecule has 0 aromatic heterocycles. The van der Waals surface area contributed by atoms with E-state index < -0.39 is 99.3 Å². The summed E-state index contributed by atoms with van der Waals surface area (Å²) < 4.78 is 33.4. The van der Waals surface area contributed by atoms with Gasteiger partial charge in [0.1, 0.15) is 55.4 Å². The highest BCUT2D eigenvalue weighted by molar-refractivity contribution is 5.70. The maximum absolute atomic E-state index is 12.9. The average molecular weight is 885 g/mol. The Hall–Kier alpha value is -2.54. The smallest absolute Gasteiger partial charge is 0.306 e. The number of hydrogen-bond acceptors (Lipinski definition) is 15. The third kappa shape index (κ3) is 23.4. The molecule has 2 aliphatic rings. The van der Waals surface area contributed by atoms with E-state index in [0.29, 0.717) is 12.8 Å². The van der Waals surface area contributed by atoms with E-state index in [4.69, 9.17) is 28.4 Å². The predicted molar refractivity (Wildman–Crippen MR) is 233 cm³/mol. The minimum atomic E-state index is -1.77. The molecule has 0 bridgehead atoms. The van der Waals surface area contributed by atoms with Crippen LogP contribution in [0.3, 0.4) is 0 Å². The fraction of sp³-hybridized carbons (Fsp3) is 0.787. The molecule has 4 unspecified atom stereocenters. The summed E-state index contributed by atoms with van der Waals surface area (Å²) in [5.41, 5.74) is 0. The highest BCUT2D eigenvalue weighted by atomic mass is 16.7. The Morgan fingerprint density at radius 1 is 0.516 bits per heavy atom. The van der Waals surface area contributed by atoms with Crippen LogP contribution in [-0.2, 0) is 38.0 Å². The molecule has 2 fully saturated rings. The van der Waals surface area contributed by atoms with Gasteiger partial charge < -0.3 is 64.2 Å². The molecule has 2 rings (SSSR count). The van der Waals surface area contributed by atoms with E-state index in [1.165, 1.54) is 38.5 Å². The molecule has 0 aromatic carbocycles. The van der Waals surface area contributed by atoms with Crippen LogP contribution in [-0.4, -0.2) is 142 Å². The van der Waals surface area contributed by atoms with Crippen molar-refractivity contribution in [1.29, 1.82) is 0 Å². The fourth-order valence-electron chi connectivity index (χ4n) is 6.91. The minimum Gasteiger partial charge on any atom is -0.462 e. The maximum Gasteiger partial charge on any atom is 0.306 e. The molecule has 358 valence electrons. The fourth-order valence-corrected chi connectivity index (χ4v) is 6.91. The summed E-state index contributed by atoms with van der Waals surface area (Å²) in [5, 5.41) is 71.8. The molecule has 2 aliphatic heterocycles. The van der Waals surface area contributed by atoms with Crippen LogP contribution in [0.15, 0.2) is 48.6 Å². The van der Waals surface area contributed by atoms with E-state index in [2.05, 4.69) is 62.5 Å². The minimum absolute atomic E-state index is 0.127. The Labute approximate surface area is 369 Å². The zero-order valence-corrected chi connectivity index (χ0v) is 37.3. The third-order valence-electron chi connectivity index (χ3n) is 10.8. The summed E-state index contributed by atoms with van der Waals surface area (Å²) in [6.45, 7) is 2.43. The second-order valence-corrected chi connectivity index (χ2v) is 16.2. The zero-order valence-electron chi connectivity index (χ0n) is 37.3. The number of allylic oxidation sites excluding steroid dienone is 8. The second-order valence-electron chi connectivity index (χ2n) is 16.2. The first-order valence-corrected chi connectivity index (χ1v) is 23.2. The molecule has 0 aromatic rings. The van der Waals surface area contributed by atoms with E-state index in [9.17, 15) is 45.3 Å². The molecule has 0 spiro atoms. The molecule has 0 amide bonds. The number of aliphatic hydroxyl groups is 7. The summed E-state index contributed by atoms with van der Waals surface area (Å²) in [6.07, 6.45) is 18.7. The van der Waals surface area contributed by atoms with E-state index in [0.717, 1.165) is 64.2 Å². The summed E-state index contributed by atoms with van der Waals surface area (Å²) >= 11 is 0. The van der Waals surface area contributed by atoms with Crippen molar-refractivity contribution in [3.05, 3.63) is 48.6 Å². The highest BCUT2D eigenvalue weighted by Crippen LogP contribution is 2.26. The lowest BCUT2D eigenvalue weighted by atomic mass is 9.98. The van der Waals surface area contributed by atoms with Crippen LogP contribution in [0.4, 0.5) is 0 Å². The Balaban J connectivity index is 1.86. The van der Waals surface area contributed by atoms with Crippen LogP contribution >= 0.6 is 0 Å². The van der Waals surface area contributed by atoms with Crippen molar-refractivity contribution in [2.75, 3.05) is 26.4 Å². The number of carbonyl (C=O) groups excluding carboxylic acids is 2. The summed E-state index contributed by atoms with van der Waals surface area (Å²) in [7, 11) is 0. The Morgan fingerprint density at radius 3 is 1.58 bits per heavy atom. The van der Waals surface area contributed by atoms with Crippen molar-refractivity contribution in [1.82, 2.24) is 0 Å². The van der Waals surface area contributed by atoms with Crippen molar-refractivity contribution in [2.45, 2.75) is 210 Å². The lowest BCUT2D eigenvalue weighted by molar-refractivity contribution is -0.332. The van der Waals surface area contributed by atoms with Gasteiger partial charge in [-0.15, -0.1) is 0 Å². The Morgan fingerprint density at radius 2 is 1.00 bits per heavy atom. The van der Waals surface area contributed by atoms with Gasteiger partial charge in [-0.2, -0.15) is 0 Å². The van der Waals surface area contributed by atoms with Gasteiger partial charge in [-0.3, -0.25) is 9.59 Å². The third-order valence-corrected chi connectivity index (χ3v) is 10.8. The van der Waals surface area contributed by atoms with Crippen molar-refractivity contribution in [3.8, 4) is 0 Å². The first-order chi connectivity index (χ1) is 30.0. The number of esters is 2. The van der Waals surface area contributed by atoms with Gasteiger partial charge in [-0.1, -0.05) is 127 Å². The first-order valence-electron chi connectivity index (χ1n) is 23.2. The van der Waals surface area contributed by atoms with Gasteiger partial charge in [-0.05, 0) is 51.4 Å². The molecule has 2 saturated heterocycles. The second kappa shape index (κ2) is 34.8. The molecule has 7 N–H and O–H groups in total. The van der Waals surface area contributed by atoms with Crippen LogP contribution < -0.4 is 0 Å². The zero-order chi connectivity index (χ0) is 45.4. The molecule has 62 heavy (non-hydrogen) atoms. The van der Waals surface area contributed by atoms with E-state index >= 15 is 0 Å². The lowest BCUT2D eigenvalue weighted by Crippen LogP contribution is -2.61. The summed E-state index contributed by atoms with van der Waals surface area (Å²) in [5.74, 6) is -0.968. The molecular weight excluding hydrogens is 805 g/mol. The maximum atomic E-state index is 12.9.